The molecule has 0 N–H and O–H groups in total. The first-order valence-electron chi connectivity index (χ1n) is 9.65. The number of ether oxygens (including phenoxy) is 2. The molecule has 1 aliphatic heterocycles. The number of piperidine rings is 1. The SMILES string of the molecule is COc1ccc(Cc2nc(-c3ccc(N4CCCCC4)cc3)no2)cc1OC. The molecule has 146 valence electrons. The highest BCUT2D eigenvalue weighted by atomic mass is 16.5. The van der Waals surface area contributed by atoms with E-state index in [0.717, 1.165) is 24.2 Å². The Kier molecular flexibility index (Phi) is 5.46. The fourth-order valence-electron chi connectivity index (χ4n) is 3.58. The first-order valence-corrected chi connectivity index (χ1v) is 9.65. The second-order valence-electron chi connectivity index (χ2n) is 6.97. The van der Waals surface area contributed by atoms with E-state index in [-0.39, 0.29) is 0 Å². The second-order valence-corrected chi connectivity index (χ2v) is 6.97. The van der Waals surface area contributed by atoms with Crippen LogP contribution in [0.15, 0.2) is 47.0 Å². The molecule has 0 unspecified atom stereocenters. The lowest BCUT2D eigenvalue weighted by Gasteiger charge is -2.28. The molecule has 28 heavy (non-hydrogen) atoms. The molecular formula is C22H25N3O3. The third kappa shape index (κ3) is 3.96. The summed E-state index contributed by atoms with van der Waals surface area (Å²) in [6, 6.07) is 14.2. The molecule has 3 aromatic rings. The number of rotatable bonds is 6. The van der Waals surface area contributed by atoms with Crippen LogP contribution < -0.4 is 14.4 Å². The topological polar surface area (TPSA) is 60.6 Å². The molecule has 0 aliphatic carbocycles. The van der Waals surface area contributed by atoms with Gasteiger partial charge in [0.25, 0.3) is 0 Å². The lowest BCUT2D eigenvalue weighted by molar-refractivity contribution is 0.354. The highest BCUT2D eigenvalue weighted by Crippen LogP contribution is 2.29. The normalized spacial score (nSPS) is 14.1. The van der Waals surface area contributed by atoms with Gasteiger partial charge < -0.3 is 18.9 Å². The van der Waals surface area contributed by atoms with Crippen molar-refractivity contribution in [2.45, 2.75) is 25.7 Å². The van der Waals surface area contributed by atoms with Crippen molar-refractivity contribution >= 4 is 5.69 Å². The van der Waals surface area contributed by atoms with Crippen molar-refractivity contribution < 1.29 is 14.0 Å². The number of benzene rings is 2. The molecular weight excluding hydrogens is 354 g/mol. The summed E-state index contributed by atoms with van der Waals surface area (Å²) in [5.74, 6) is 2.57. The van der Waals surface area contributed by atoms with Crippen molar-refractivity contribution in [3.05, 3.63) is 53.9 Å². The summed E-state index contributed by atoms with van der Waals surface area (Å²) in [7, 11) is 3.25. The highest BCUT2D eigenvalue weighted by molar-refractivity contribution is 5.60. The van der Waals surface area contributed by atoms with Gasteiger partial charge in [0.05, 0.1) is 20.6 Å². The average molecular weight is 379 g/mol. The number of methoxy groups -OCH3 is 2. The minimum absolute atomic E-state index is 0.541. The smallest absolute Gasteiger partial charge is 0.231 e. The maximum Gasteiger partial charge on any atom is 0.231 e. The fourth-order valence-corrected chi connectivity index (χ4v) is 3.58. The van der Waals surface area contributed by atoms with E-state index in [9.17, 15) is 0 Å². The number of nitrogens with zero attached hydrogens (tertiary/aromatic N) is 3. The maximum atomic E-state index is 5.46. The quantitative estimate of drug-likeness (QED) is 0.635. The van der Waals surface area contributed by atoms with Crippen LogP contribution in [0.25, 0.3) is 11.4 Å². The monoisotopic (exact) mass is 379 g/mol. The molecule has 6 heteroatoms. The van der Waals surface area contributed by atoms with E-state index < -0.39 is 0 Å². The third-order valence-corrected chi connectivity index (χ3v) is 5.12. The van der Waals surface area contributed by atoms with E-state index in [4.69, 9.17) is 14.0 Å². The number of aromatic nitrogens is 2. The molecule has 0 radical (unpaired) electrons. The fraction of sp³-hybridized carbons (Fsp3) is 0.364. The largest absolute Gasteiger partial charge is 0.493 e. The first-order chi connectivity index (χ1) is 13.8. The molecule has 0 saturated carbocycles. The van der Waals surface area contributed by atoms with Crippen LogP contribution in [0.5, 0.6) is 11.5 Å². The van der Waals surface area contributed by atoms with E-state index in [1.54, 1.807) is 14.2 Å². The summed E-state index contributed by atoms with van der Waals surface area (Å²) in [5, 5.41) is 4.15. The number of anilines is 1. The molecule has 0 amide bonds. The van der Waals surface area contributed by atoms with Gasteiger partial charge in [-0.2, -0.15) is 4.98 Å². The van der Waals surface area contributed by atoms with Gasteiger partial charge in [0, 0.05) is 24.3 Å². The van der Waals surface area contributed by atoms with Gasteiger partial charge in [-0.15, -0.1) is 0 Å². The Balaban J connectivity index is 1.47. The minimum Gasteiger partial charge on any atom is -0.493 e. The van der Waals surface area contributed by atoms with E-state index >= 15 is 0 Å². The molecule has 0 bridgehead atoms. The predicted molar refractivity (Wildman–Crippen MR) is 108 cm³/mol. The highest BCUT2D eigenvalue weighted by Gasteiger charge is 2.14. The van der Waals surface area contributed by atoms with E-state index in [2.05, 4.69) is 39.3 Å². The summed E-state index contributed by atoms with van der Waals surface area (Å²) >= 11 is 0. The Morgan fingerprint density at radius 1 is 0.929 bits per heavy atom. The van der Waals surface area contributed by atoms with Crippen molar-refractivity contribution in [3.8, 4) is 22.9 Å². The molecule has 1 aliphatic rings. The number of hydrogen-bond donors (Lipinski definition) is 0. The second kappa shape index (κ2) is 8.33. The summed E-state index contributed by atoms with van der Waals surface area (Å²) in [5.41, 5.74) is 3.24. The van der Waals surface area contributed by atoms with Gasteiger partial charge >= 0.3 is 0 Å². The Bertz CT molecular complexity index is 915. The number of hydrogen-bond acceptors (Lipinski definition) is 6. The Morgan fingerprint density at radius 3 is 2.39 bits per heavy atom. The summed E-state index contributed by atoms with van der Waals surface area (Å²) in [6.07, 6.45) is 4.41. The average Bonchev–Trinajstić information content (AvgIpc) is 3.23. The van der Waals surface area contributed by atoms with Gasteiger partial charge in [-0.25, -0.2) is 0 Å². The zero-order valence-electron chi connectivity index (χ0n) is 16.4. The van der Waals surface area contributed by atoms with Crippen molar-refractivity contribution in [1.29, 1.82) is 0 Å². The van der Waals surface area contributed by atoms with Gasteiger partial charge in [0.2, 0.25) is 11.7 Å². The molecule has 1 aromatic heterocycles. The molecule has 6 nitrogen and oxygen atoms in total. The molecule has 1 saturated heterocycles. The van der Waals surface area contributed by atoms with Crippen molar-refractivity contribution in [1.82, 2.24) is 10.1 Å². The van der Waals surface area contributed by atoms with Crippen LogP contribution in [0, 0.1) is 0 Å². The van der Waals surface area contributed by atoms with Gasteiger partial charge in [0.1, 0.15) is 0 Å². The molecule has 4 rings (SSSR count). The van der Waals surface area contributed by atoms with E-state index in [1.807, 2.05) is 18.2 Å². The van der Waals surface area contributed by atoms with E-state index in [0.29, 0.717) is 29.6 Å². The van der Waals surface area contributed by atoms with Gasteiger partial charge in [-0.1, -0.05) is 11.2 Å². The van der Waals surface area contributed by atoms with E-state index in [1.165, 1.54) is 24.9 Å². The molecule has 0 spiro atoms. The Labute approximate surface area is 165 Å². The van der Waals surface area contributed by atoms with Gasteiger partial charge in [-0.3, -0.25) is 0 Å². The van der Waals surface area contributed by atoms with Crippen molar-refractivity contribution in [3.63, 3.8) is 0 Å². The predicted octanol–water partition coefficient (Wildman–Crippen LogP) is 4.33. The van der Waals surface area contributed by atoms with Crippen LogP contribution in [0.1, 0.15) is 30.7 Å². The third-order valence-electron chi connectivity index (χ3n) is 5.12. The van der Waals surface area contributed by atoms with Crippen LogP contribution in [-0.4, -0.2) is 37.4 Å². The standard InChI is InChI=1S/C22H25N3O3/c1-26-19-11-6-16(14-20(19)27-2)15-21-23-22(24-28-21)17-7-9-18(10-8-17)25-12-4-3-5-13-25/h6-11,14H,3-5,12-13,15H2,1-2H3. The Hall–Kier alpha value is -3.02. The molecule has 1 fully saturated rings. The van der Waals surface area contributed by atoms with Crippen molar-refractivity contribution in [2.75, 3.05) is 32.2 Å². The van der Waals surface area contributed by atoms with Crippen LogP contribution in [0.4, 0.5) is 5.69 Å². The zero-order valence-corrected chi connectivity index (χ0v) is 16.4. The van der Waals surface area contributed by atoms with Crippen LogP contribution >= 0.6 is 0 Å². The lowest BCUT2D eigenvalue weighted by Crippen LogP contribution is -2.29. The molecule has 2 heterocycles. The van der Waals surface area contributed by atoms with Gasteiger partial charge in [-0.05, 0) is 61.2 Å². The maximum absolute atomic E-state index is 5.46. The minimum atomic E-state index is 0.541. The molecule has 0 atom stereocenters. The lowest BCUT2D eigenvalue weighted by atomic mass is 10.1. The van der Waals surface area contributed by atoms with Crippen LogP contribution in [0.3, 0.4) is 0 Å². The summed E-state index contributed by atoms with van der Waals surface area (Å²) in [6.45, 7) is 2.27. The molecule has 2 aromatic carbocycles. The van der Waals surface area contributed by atoms with Gasteiger partial charge in [0.15, 0.2) is 11.5 Å². The summed E-state index contributed by atoms with van der Waals surface area (Å²) < 4.78 is 16.1. The first kappa shape index (κ1) is 18.3. The van der Waals surface area contributed by atoms with Crippen LogP contribution in [-0.2, 0) is 6.42 Å². The zero-order chi connectivity index (χ0) is 19.3. The van der Waals surface area contributed by atoms with Crippen molar-refractivity contribution in [2.24, 2.45) is 0 Å². The van der Waals surface area contributed by atoms with Crippen LogP contribution in [0.2, 0.25) is 0 Å². The summed E-state index contributed by atoms with van der Waals surface area (Å²) in [4.78, 5) is 6.99. The Morgan fingerprint density at radius 2 is 1.68 bits per heavy atom.